The highest BCUT2D eigenvalue weighted by molar-refractivity contribution is 5.79. The Bertz CT molecular complexity index is 1490. The van der Waals surface area contributed by atoms with Gasteiger partial charge < -0.3 is 37.9 Å². The first-order valence-electron chi connectivity index (χ1n) is 21.1. The lowest BCUT2D eigenvalue weighted by Crippen LogP contribution is -2.05. The number of rotatable bonds is 0. The zero-order valence-electron chi connectivity index (χ0n) is 33.5. The van der Waals surface area contributed by atoms with Gasteiger partial charge in [-0.1, -0.05) is 72.8 Å². The van der Waals surface area contributed by atoms with Crippen LogP contribution in [0.3, 0.4) is 0 Å². The second kappa shape index (κ2) is 27.6. The van der Waals surface area contributed by atoms with Crippen LogP contribution in [0.2, 0.25) is 0 Å². The number of ether oxygens (including phenoxy) is 8. The Morgan fingerprint density at radius 1 is 0.232 bits per heavy atom. The molecule has 0 radical (unpaired) electrons. The van der Waals surface area contributed by atoms with E-state index in [1.807, 2.05) is 72.8 Å². The van der Waals surface area contributed by atoms with Crippen LogP contribution in [-0.4, -0.2) is 79.3 Å². The van der Waals surface area contributed by atoms with Crippen LogP contribution in [0.4, 0.5) is 0 Å². The molecule has 0 spiro atoms. The summed E-state index contributed by atoms with van der Waals surface area (Å²) in [4.78, 5) is 0. The first-order chi connectivity index (χ1) is 27.9. The average molecular weight is 769 g/mol. The van der Waals surface area contributed by atoms with E-state index < -0.39 is 0 Å². The summed E-state index contributed by atoms with van der Waals surface area (Å²) in [6.07, 6.45) is 11.9. The number of hydrogen-bond donors (Lipinski definition) is 0. The fourth-order valence-electron chi connectivity index (χ4n) is 6.42. The summed E-state index contributed by atoms with van der Waals surface area (Å²) in [5.74, 6) is 3.19. The van der Waals surface area contributed by atoms with Crippen molar-refractivity contribution in [3.8, 4) is 45.3 Å². The van der Waals surface area contributed by atoms with Gasteiger partial charge in [-0.2, -0.15) is 0 Å². The molecular weight excluding hydrogens is 705 g/mol. The van der Waals surface area contributed by atoms with Crippen molar-refractivity contribution in [1.29, 1.82) is 0 Å². The quantitative estimate of drug-likeness (QED) is 0.175. The van der Waals surface area contributed by atoms with Crippen molar-refractivity contribution in [2.24, 2.45) is 0 Å². The minimum absolute atomic E-state index is 0.615. The van der Waals surface area contributed by atoms with Crippen LogP contribution in [0.5, 0.6) is 23.0 Å². The van der Waals surface area contributed by atoms with Crippen LogP contribution in [-0.2, 0) is 23.7 Å². The summed E-state index contributed by atoms with van der Waals surface area (Å²) in [6, 6.07) is 32.7. The van der Waals surface area contributed by atoms with Gasteiger partial charge >= 0.3 is 0 Å². The largest absolute Gasteiger partial charge is 0.493 e. The zero-order chi connectivity index (χ0) is 38.6. The molecule has 1 aliphatic rings. The van der Waals surface area contributed by atoms with E-state index >= 15 is 0 Å². The molecule has 1 aliphatic heterocycles. The molecule has 56 heavy (non-hydrogen) atoms. The lowest BCUT2D eigenvalue weighted by atomic mass is 10.0. The van der Waals surface area contributed by atoms with Crippen molar-refractivity contribution in [3.05, 3.63) is 97.1 Å². The van der Waals surface area contributed by atoms with Gasteiger partial charge in [-0.15, -0.1) is 0 Å². The highest BCUT2D eigenvalue weighted by Gasteiger charge is 2.16. The lowest BCUT2D eigenvalue weighted by Gasteiger charge is -2.18. The minimum Gasteiger partial charge on any atom is -0.493 e. The summed E-state index contributed by atoms with van der Waals surface area (Å²) in [5.41, 5.74) is 3.93. The molecule has 0 atom stereocenters. The molecule has 8 heteroatoms. The van der Waals surface area contributed by atoms with E-state index in [0.29, 0.717) is 13.2 Å². The minimum atomic E-state index is 0.615. The van der Waals surface area contributed by atoms with Crippen LogP contribution in [0.15, 0.2) is 97.1 Å². The molecule has 0 fully saturated rings. The predicted octanol–water partition coefficient (Wildman–Crippen LogP) is 11.3. The molecule has 0 aromatic heterocycles. The third kappa shape index (κ3) is 16.3. The van der Waals surface area contributed by atoms with Gasteiger partial charge in [0.05, 0.1) is 13.2 Å². The molecule has 1 heterocycles. The third-order valence-electron chi connectivity index (χ3n) is 9.54. The second-order valence-corrected chi connectivity index (χ2v) is 14.1. The molecule has 0 bridgehead atoms. The van der Waals surface area contributed by atoms with Crippen LogP contribution in [0.1, 0.15) is 77.0 Å². The molecule has 4 aromatic rings. The maximum Gasteiger partial charge on any atom is 0.135 e. The van der Waals surface area contributed by atoms with Crippen molar-refractivity contribution in [2.45, 2.75) is 77.0 Å². The van der Waals surface area contributed by atoms with Gasteiger partial charge in [0.25, 0.3) is 0 Å². The predicted molar refractivity (Wildman–Crippen MR) is 224 cm³/mol. The van der Waals surface area contributed by atoms with Crippen molar-refractivity contribution in [3.63, 3.8) is 0 Å². The van der Waals surface area contributed by atoms with E-state index in [1.54, 1.807) is 0 Å². The highest BCUT2D eigenvalue weighted by atomic mass is 16.5. The van der Waals surface area contributed by atoms with E-state index in [1.165, 1.54) is 0 Å². The maximum absolute atomic E-state index is 6.75. The Morgan fingerprint density at radius 2 is 0.446 bits per heavy atom. The van der Waals surface area contributed by atoms with Crippen molar-refractivity contribution >= 4 is 0 Å². The van der Waals surface area contributed by atoms with E-state index in [0.717, 1.165) is 188 Å². The van der Waals surface area contributed by atoms with Gasteiger partial charge in [0.2, 0.25) is 0 Å². The number of hydrogen-bond acceptors (Lipinski definition) is 8. The molecule has 0 N–H and O–H groups in total. The molecule has 8 nitrogen and oxygen atoms in total. The number of benzene rings is 4. The highest BCUT2D eigenvalue weighted by Crippen LogP contribution is 2.42. The molecular formula is C48H64O8. The van der Waals surface area contributed by atoms with E-state index in [-0.39, 0.29) is 0 Å². The average Bonchev–Trinajstić information content (AvgIpc) is 3.23. The smallest absolute Gasteiger partial charge is 0.135 e. The van der Waals surface area contributed by atoms with Gasteiger partial charge in [0.1, 0.15) is 23.0 Å². The van der Waals surface area contributed by atoms with Crippen molar-refractivity contribution in [2.75, 3.05) is 79.3 Å². The first-order valence-corrected chi connectivity index (χ1v) is 21.1. The van der Waals surface area contributed by atoms with Crippen LogP contribution in [0.25, 0.3) is 22.3 Å². The van der Waals surface area contributed by atoms with Gasteiger partial charge in [-0.25, -0.2) is 0 Å². The molecule has 4 aromatic carbocycles. The Kier molecular flexibility index (Phi) is 21.3. The van der Waals surface area contributed by atoms with Gasteiger partial charge in [-0.3, -0.25) is 0 Å². The summed E-state index contributed by atoms with van der Waals surface area (Å²) < 4.78 is 48.6. The van der Waals surface area contributed by atoms with E-state index in [2.05, 4.69) is 24.3 Å². The molecule has 0 unspecified atom stereocenters. The van der Waals surface area contributed by atoms with Crippen LogP contribution >= 0.6 is 0 Å². The molecule has 304 valence electrons. The maximum atomic E-state index is 6.75. The van der Waals surface area contributed by atoms with Crippen molar-refractivity contribution in [1.82, 2.24) is 0 Å². The molecule has 0 saturated carbocycles. The summed E-state index contributed by atoms with van der Waals surface area (Å²) in [5, 5.41) is 0. The topological polar surface area (TPSA) is 73.8 Å². The van der Waals surface area contributed by atoms with Gasteiger partial charge in [0, 0.05) is 88.3 Å². The fraction of sp³-hybridized carbons (Fsp3) is 0.500. The van der Waals surface area contributed by atoms with Crippen LogP contribution in [0, 0.1) is 0 Å². The Hall–Kier alpha value is -3.92. The number of fused-ring (bicyclic) bond motifs is 6. The summed E-state index contributed by atoms with van der Waals surface area (Å²) >= 11 is 0. The standard InChI is InChI=1S/C48H64O8/c1-5-25-45-41(21-1)43-23-3-7-27-47(43)56-48-28-8-4-24-44(48)42-22-2-6-26-46(42)55-40-20-18-38-53-36-16-14-34-51-32-12-10-30-49-29-9-11-31-50-33-13-15-35-52-37-17-19-39-54-45/h1-8,21-28H,9-20,29-40H2. The fourth-order valence-corrected chi connectivity index (χ4v) is 6.42. The molecule has 5 rings (SSSR count). The normalized spacial score (nSPS) is 18.1. The number of para-hydroxylation sites is 4. The second-order valence-electron chi connectivity index (χ2n) is 14.1. The monoisotopic (exact) mass is 768 g/mol. The molecule has 0 aliphatic carbocycles. The van der Waals surface area contributed by atoms with Crippen molar-refractivity contribution < 1.29 is 37.9 Å². The Labute approximate surface area is 335 Å². The molecule has 0 amide bonds. The lowest BCUT2D eigenvalue weighted by molar-refractivity contribution is 0.0810. The van der Waals surface area contributed by atoms with E-state index in [4.69, 9.17) is 37.9 Å². The Balaban J connectivity index is 1.16. The van der Waals surface area contributed by atoms with Gasteiger partial charge in [0.15, 0.2) is 0 Å². The molecule has 0 saturated heterocycles. The first kappa shape index (κ1) is 43.2. The van der Waals surface area contributed by atoms with E-state index in [9.17, 15) is 0 Å². The summed E-state index contributed by atoms with van der Waals surface area (Å²) in [6.45, 7) is 8.99. The summed E-state index contributed by atoms with van der Waals surface area (Å²) in [7, 11) is 0. The van der Waals surface area contributed by atoms with Gasteiger partial charge in [-0.05, 0) is 101 Å². The van der Waals surface area contributed by atoms with Crippen LogP contribution < -0.4 is 14.2 Å². The third-order valence-corrected chi connectivity index (χ3v) is 9.54. The Morgan fingerprint density at radius 3 is 0.732 bits per heavy atom. The zero-order valence-corrected chi connectivity index (χ0v) is 33.5. The SMILES string of the molecule is c1ccc2c(c1)OCCCCOCCCCOCCCCOCCCCOCCCCOCCCCOc1ccccc1-c1ccccc1Oc1ccccc1-2.